The van der Waals surface area contributed by atoms with Crippen LogP contribution in [-0.2, 0) is 24.3 Å². The van der Waals surface area contributed by atoms with Crippen LogP contribution >= 0.6 is 0 Å². The first-order chi connectivity index (χ1) is 12.3. The minimum atomic E-state index is -4.58. The molecule has 0 radical (unpaired) electrons. The third-order valence-electron chi connectivity index (χ3n) is 4.66. The van der Waals surface area contributed by atoms with Crippen LogP contribution in [0, 0.1) is 6.92 Å². The number of hydrogen-bond donors (Lipinski definition) is 0. The molecule has 0 bridgehead atoms. The fraction of sp³-hybridized carbons (Fsp3) is 0.158. The van der Waals surface area contributed by atoms with Gasteiger partial charge in [-0.05, 0) is 53.9 Å². The summed E-state index contributed by atoms with van der Waals surface area (Å²) < 4.78 is 52.6. The minimum absolute atomic E-state index is 0.124. The predicted molar refractivity (Wildman–Crippen MR) is 102 cm³/mol. The zero-order valence-corrected chi connectivity index (χ0v) is 15.7. The topological polar surface area (TPSA) is 71.5 Å². The Morgan fingerprint density at radius 2 is 1.46 bits per heavy atom. The van der Waals surface area contributed by atoms with Gasteiger partial charge in [0.2, 0.25) is 0 Å². The number of fused-ring (bicyclic) bond motifs is 2. The molecule has 1 aliphatic rings. The number of hydrogen-bond acceptors (Lipinski definition) is 4. The smallest absolute Gasteiger partial charge is 0.257 e. The third kappa shape index (κ3) is 2.50. The van der Waals surface area contributed by atoms with E-state index in [4.69, 9.17) is 0 Å². The highest BCUT2D eigenvalue weighted by atomic mass is 33.2. The van der Waals surface area contributed by atoms with E-state index in [0.717, 1.165) is 26.2 Å². The van der Waals surface area contributed by atoms with Crippen LogP contribution in [0.4, 0.5) is 5.69 Å². The van der Waals surface area contributed by atoms with E-state index in [2.05, 4.69) is 0 Å². The lowest BCUT2D eigenvalue weighted by Gasteiger charge is -2.19. The van der Waals surface area contributed by atoms with Gasteiger partial charge in [-0.25, -0.2) is 8.42 Å². The van der Waals surface area contributed by atoms with E-state index in [9.17, 15) is 16.8 Å². The highest BCUT2D eigenvalue weighted by Gasteiger charge is 2.41. The Labute approximate surface area is 152 Å². The molecule has 7 heteroatoms. The average Bonchev–Trinajstić information content (AvgIpc) is 3.03. The zero-order chi connectivity index (χ0) is 18.5. The van der Waals surface area contributed by atoms with Gasteiger partial charge in [0.25, 0.3) is 0 Å². The van der Waals surface area contributed by atoms with Gasteiger partial charge in [0.1, 0.15) is 0 Å². The normalized spacial score (nSPS) is 14.6. The van der Waals surface area contributed by atoms with Crippen molar-refractivity contribution < 1.29 is 16.8 Å². The Hall–Kier alpha value is -2.38. The molecule has 0 unspecified atom stereocenters. The quantitative estimate of drug-likeness (QED) is 0.647. The van der Waals surface area contributed by atoms with Crippen molar-refractivity contribution in [3.05, 3.63) is 71.8 Å². The molecule has 0 saturated carbocycles. The van der Waals surface area contributed by atoms with E-state index in [-0.39, 0.29) is 11.4 Å². The van der Waals surface area contributed by atoms with Crippen molar-refractivity contribution in [2.75, 3.05) is 10.8 Å². The summed E-state index contributed by atoms with van der Waals surface area (Å²) >= 11 is 0. The van der Waals surface area contributed by atoms with Crippen molar-refractivity contribution in [1.29, 1.82) is 0 Å². The molecule has 0 atom stereocenters. The van der Waals surface area contributed by atoms with Crippen LogP contribution in [0.25, 0.3) is 10.8 Å². The SMILES string of the molecule is Cc1ccc(S(=O)(=O)S(=O)(=O)N2CCc3cc4ccccc4cc32)cc1. The lowest BCUT2D eigenvalue weighted by molar-refractivity contribution is 0.580. The monoisotopic (exact) mass is 387 g/mol. The highest BCUT2D eigenvalue weighted by molar-refractivity contribution is 8.67. The van der Waals surface area contributed by atoms with Gasteiger partial charge in [-0.2, -0.15) is 8.42 Å². The van der Waals surface area contributed by atoms with Crippen molar-refractivity contribution in [2.24, 2.45) is 0 Å². The van der Waals surface area contributed by atoms with Gasteiger partial charge in [-0.15, -0.1) is 0 Å². The Morgan fingerprint density at radius 1 is 0.846 bits per heavy atom. The first-order valence-electron chi connectivity index (χ1n) is 8.17. The van der Waals surface area contributed by atoms with E-state index in [1.165, 1.54) is 12.1 Å². The summed E-state index contributed by atoms with van der Waals surface area (Å²) in [6.45, 7) is 1.94. The fourth-order valence-electron chi connectivity index (χ4n) is 3.23. The maximum Gasteiger partial charge on any atom is 0.346 e. The summed E-state index contributed by atoms with van der Waals surface area (Å²) in [4.78, 5) is -0.211. The number of nitrogens with zero attached hydrogens (tertiary/aromatic N) is 1. The standard InChI is InChI=1S/C19H17NO4S2/c1-14-6-8-18(9-7-14)25(21,22)26(23,24)20-11-10-17-12-15-4-2-3-5-16(15)13-19(17)20/h2-9,12-13H,10-11H2,1H3. The molecule has 0 N–H and O–H groups in total. The van der Waals surface area contributed by atoms with Gasteiger partial charge >= 0.3 is 17.9 Å². The lowest BCUT2D eigenvalue weighted by Crippen LogP contribution is -2.35. The van der Waals surface area contributed by atoms with Gasteiger partial charge in [-0.3, -0.25) is 4.31 Å². The lowest BCUT2D eigenvalue weighted by atomic mass is 10.1. The molecule has 0 saturated heterocycles. The fourth-order valence-corrected chi connectivity index (χ4v) is 7.14. The van der Waals surface area contributed by atoms with Crippen molar-refractivity contribution in [3.63, 3.8) is 0 Å². The number of benzene rings is 3. The Bertz CT molecular complexity index is 1210. The van der Waals surface area contributed by atoms with E-state index < -0.39 is 17.9 Å². The second-order valence-electron chi connectivity index (χ2n) is 6.38. The number of aryl methyl sites for hydroxylation is 1. The summed E-state index contributed by atoms with van der Waals surface area (Å²) in [6, 6.07) is 17.1. The second-order valence-corrected chi connectivity index (χ2v) is 11.6. The van der Waals surface area contributed by atoms with Gasteiger partial charge in [0, 0.05) is 6.54 Å². The van der Waals surface area contributed by atoms with E-state index in [1.54, 1.807) is 18.2 Å². The Kier molecular flexibility index (Phi) is 3.82. The van der Waals surface area contributed by atoms with Crippen LogP contribution in [0.1, 0.15) is 11.1 Å². The van der Waals surface area contributed by atoms with Crippen molar-refractivity contribution in [1.82, 2.24) is 0 Å². The molecule has 134 valence electrons. The van der Waals surface area contributed by atoms with E-state index >= 15 is 0 Å². The molecule has 0 aliphatic carbocycles. The third-order valence-corrected chi connectivity index (χ3v) is 9.76. The summed E-state index contributed by atoms with van der Waals surface area (Å²) in [5.41, 5.74) is 2.14. The van der Waals surface area contributed by atoms with Crippen LogP contribution in [0.5, 0.6) is 0 Å². The maximum absolute atomic E-state index is 13.0. The summed E-state index contributed by atoms with van der Waals surface area (Å²) in [6.07, 6.45) is 0.489. The molecule has 1 heterocycles. The van der Waals surface area contributed by atoms with Gasteiger partial charge in [-0.1, -0.05) is 42.0 Å². The van der Waals surface area contributed by atoms with Crippen LogP contribution in [0.2, 0.25) is 0 Å². The molecule has 0 aromatic heterocycles. The minimum Gasteiger partial charge on any atom is -0.257 e. The first-order valence-corrected chi connectivity index (χ1v) is 11.6. The predicted octanol–water partition coefficient (Wildman–Crippen LogP) is 3.23. The molecular formula is C19H17NO4S2. The second kappa shape index (κ2) is 5.82. The molecule has 3 aromatic carbocycles. The van der Waals surface area contributed by atoms with Gasteiger partial charge in [0.05, 0.1) is 10.6 Å². The number of rotatable bonds is 3. The van der Waals surface area contributed by atoms with Gasteiger partial charge in [0.15, 0.2) is 0 Å². The highest BCUT2D eigenvalue weighted by Crippen LogP contribution is 2.36. The first kappa shape index (κ1) is 17.1. The molecule has 1 aliphatic heterocycles. The molecule has 3 aromatic rings. The van der Waals surface area contributed by atoms with Crippen LogP contribution < -0.4 is 4.31 Å². The van der Waals surface area contributed by atoms with E-state index in [1.807, 2.05) is 37.3 Å². The van der Waals surface area contributed by atoms with Crippen molar-refractivity contribution in [3.8, 4) is 0 Å². The van der Waals surface area contributed by atoms with Crippen LogP contribution in [0.15, 0.2) is 65.6 Å². The zero-order valence-electron chi connectivity index (χ0n) is 14.1. The molecule has 0 fully saturated rings. The van der Waals surface area contributed by atoms with Crippen LogP contribution in [0.3, 0.4) is 0 Å². The molecule has 0 amide bonds. The largest absolute Gasteiger partial charge is 0.346 e. The Morgan fingerprint density at radius 3 is 2.12 bits per heavy atom. The summed E-state index contributed by atoms with van der Waals surface area (Å²) in [5.74, 6) is 0. The number of anilines is 1. The molecule has 0 spiro atoms. The maximum atomic E-state index is 13.0. The van der Waals surface area contributed by atoms with Crippen molar-refractivity contribution in [2.45, 2.75) is 18.2 Å². The molecule has 5 nitrogen and oxygen atoms in total. The summed E-state index contributed by atoms with van der Waals surface area (Å²) in [5, 5.41) is 1.88. The molecule has 26 heavy (non-hydrogen) atoms. The average molecular weight is 387 g/mol. The van der Waals surface area contributed by atoms with E-state index in [0.29, 0.717) is 12.1 Å². The molecule has 4 rings (SSSR count). The van der Waals surface area contributed by atoms with Gasteiger partial charge < -0.3 is 0 Å². The molecular weight excluding hydrogens is 370 g/mol. The van der Waals surface area contributed by atoms with Crippen LogP contribution in [-0.4, -0.2) is 23.4 Å². The Balaban J connectivity index is 1.84. The summed E-state index contributed by atoms with van der Waals surface area (Å²) in [7, 11) is -9.12. The van der Waals surface area contributed by atoms with Crippen molar-refractivity contribution >= 4 is 34.4 Å².